The minimum Gasteiger partial charge on any atom is -0.354 e. The first-order valence-corrected chi connectivity index (χ1v) is 25.4. The van der Waals surface area contributed by atoms with E-state index in [0.717, 1.165) is 87.1 Å². The zero-order chi connectivity index (χ0) is 41.1. The second-order valence-corrected chi connectivity index (χ2v) is 29.3. The van der Waals surface area contributed by atoms with Gasteiger partial charge in [0, 0.05) is 54.8 Å². The van der Waals surface area contributed by atoms with Gasteiger partial charge in [0.1, 0.15) is 16.1 Å². The number of rotatable bonds is 6. The van der Waals surface area contributed by atoms with Crippen molar-refractivity contribution in [1.82, 2.24) is 4.98 Å². The molecule has 6 aromatic carbocycles. The predicted octanol–water partition coefficient (Wildman–Crippen LogP) is 15.0. The van der Waals surface area contributed by atoms with Crippen molar-refractivity contribution in [2.24, 2.45) is 0 Å². The molecule has 1 heterocycles. The normalized spacial score (nSPS) is 12.5. The number of H-pyrrole nitrogens is 1. The second-order valence-electron chi connectivity index (χ2n) is 18.1. The number of terminal acetylenes is 2. The van der Waals surface area contributed by atoms with Crippen LogP contribution in [0.1, 0.15) is 105 Å². The Balaban J connectivity index is 1.80. The molecule has 286 valence electrons. The molecule has 0 radical (unpaired) electrons. The van der Waals surface area contributed by atoms with Gasteiger partial charge >= 0.3 is 0 Å². The Morgan fingerprint density at radius 1 is 0.386 bits per heavy atom. The first kappa shape index (κ1) is 40.0. The topological polar surface area (TPSA) is 15.8 Å². The number of aromatic amines is 1. The highest BCUT2D eigenvalue weighted by Gasteiger charge is 2.43. The summed E-state index contributed by atoms with van der Waals surface area (Å²) in [5, 5.41) is 10.9. The van der Waals surface area contributed by atoms with Gasteiger partial charge < -0.3 is 4.98 Å². The lowest BCUT2D eigenvalue weighted by atomic mass is 9.87. The van der Waals surface area contributed by atoms with E-state index in [-0.39, 0.29) is 0 Å². The lowest BCUT2D eigenvalue weighted by Gasteiger charge is -2.38. The zero-order valence-corrected chi connectivity index (χ0v) is 38.0. The third-order valence-electron chi connectivity index (χ3n) is 13.7. The quantitative estimate of drug-likeness (QED) is 0.0984. The van der Waals surface area contributed by atoms with Crippen LogP contribution in [0.3, 0.4) is 0 Å². The molecule has 0 atom stereocenters. The monoisotopic (exact) mass is 775 g/mol. The van der Waals surface area contributed by atoms with Gasteiger partial charge in [-0.15, -0.1) is 23.9 Å². The molecule has 0 bridgehead atoms. The van der Waals surface area contributed by atoms with Gasteiger partial charge in [0.2, 0.25) is 0 Å². The van der Waals surface area contributed by atoms with Crippen molar-refractivity contribution in [2.75, 3.05) is 0 Å². The Labute approximate surface area is 343 Å². The molecule has 1 aromatic heterocycles. The molecule has 0 aliphatic heterocycles. The van der Waals surface area contributed by atoms with Gasteiger partial charge in [-0.2, -0.15) is 0 Å². The van der Waals surface area contributed by atoms with Gasteiger partial charge in [0.05, 0.1) is 0 Å². The van der Waals surface area contributed by atoms with Gasteiger partial charge in [-0.25, -0.2) is 0 Å². The molecular weight excluding hydrogens is 719 g/mol. The molecule has 0 amide bonds. The van der Waals surface area contributed by atoms with Crippen LogP contribution in [0.2, 0.25) is 33.2 Å². The first-order valence-electron chi connectivity index (χ1n) is 21.0. The summed E-state index contributed by atoms with van der Waals surface area (Å²) in [4.78, 5) is 3.86. The molecule has 1 nitrogen and oxygen atoms in total. The highest BCUT2D eigenvalue weighted by Crippen LogP contribution is 2.47. The fourth-order valence-corrected chi connectivity index (χ4v) is 21.6. The summed E-state index contributed by atoms with van der Waals surface area (Å²) in [6.45, 7) is 28.6. The van der Waals surface area contributed by atoms with Crippen LogP contribution < -0.4 is 0 Å². The van der Waals surface area contributed by atoms with E-state index in [0.29, 0.717) is 33.2 Å². The molecule has 0 saturated heterocycles. The van der Waals surface area contributed by atoms with E-state index in [1.165, 1.54) is 0 Å². The maximum Gasteiger partial charge on any atom is 0.146 e. The Hall–Kier alpha value is -5.17. The SMILES string of the molecule is C#Cc1c2ccccc2c(C#C[Si](C(C)C)(C(C)C)C(C)C)c2c1ccc1[nH]c3ccc4c(C#C)c5ccccc5c(C#C[Si](C(C)C)(C(C)C)C(C)C)c4c3c12. The molecule has 0 fully saturated rings. The van der Waals surface area contributed by atoms with Crippen LogP contribution in [0.4, 0.5) is 0 Å². The molecule has 7 aromatic rings. The summed E-state index contributed by atoms with van der Waals surface area (Å²) >= 11 is 0. The first-order chi connectivity index (χ1) is 27.2. The van der Waals surface area contributed by atoms with Gasteiger partial charge in [0.15, 0.2) is 0 Å². The molecular formula is C54H57NSi2. The zero-order valence-electron chi connectivity index (χ0n) is 36.0. The number of nitrogens with one attached hydrogen (secondary N) is 1. The van der Waals surface area contributed by atoms with E-state index >= 15 is 0 Å². The number of fused-ring (bicyclic) bond motifs is 9. The van der Waals surface area contributed by atoms with Crippen molar-refractivity contribution in [3.8, 4) is 47.6 Å². The Kier molecular flexibility index (Phi) is 10.5. The molecule has 0 aliphatic rings. The molecule has 0 saturated carbocycles. The molecule has 57 heavy (non-hydrogen) atoms. The highest BCUT2D eigenvalue weighted by atomic mass is 28.3. The largest absolute Gasteiger partial charge is 0.354 e. The summed E-state index contributed by atoms with van der Waals surface area (Å²) in [5.74, 6) is 14.2. The number of aromatic nitrogens is 1. The lowest BCUT2D eigenvalue weighted by molar-refractivity contribution is 0.838. The van der Waals surface area contributed by atoms with Crippen LogP contribution in [0.5, 0.6) is 0 Å². The second kappa shape index (κ2) is 15.0. The number of hydrogen-bond donors (Lipinski definition) is 1. The standard InChI is InChI=1S/C54H57NSi2/c1-15-39-41-21-17-19-23-43(41)47(29-31-56(33(3)4,34(5)6)35(7)8)51-45(39)25-27-49-53(51)54-50(55-49)28-26-46-40(16-2)42-22-18-20-24-44(42)48(52(46)54)30-32-57(36(9)10,37(11)12)38(13)14/h1-2,17-28,33-38,55H,3-14H3. The molecule has 0 aliphatic carbocycles. The van der Waals surface area contributed by atoms with Gasteiger partial charge in [-0.3, -0.25) is 0 Å². The van der Waals surface area contributed by atoms with Crippen molar-refractivity contribution in [2.45, 2.75) is 116 Å². The minimum atomic E-state index is -2.11. The minimum absolute atomic E-state index is 0.499. The summed E-state index contributed by atoms with van der Waals surface area (Å²) < 4.78 is 0. The highest BCUT2D eigenvalue weighted by molar-refractivity contribution is 6.91. The molecule has 1 N–H and O–H groups in total. The van der Waals surface area contributed by atoms with E-state index in [1.807, 2.05) is 0 Å². The lowest BCUT2D eigenvalue weighted by Crippen LogP contribution is -2.43. The van der Waals surface area contributed by atoms with Gasteiger partial charge in [-0.1, -0.05) is 167 Å². The van der Waals surface area contributed by atoms with E-state index < -0.39 is 16.1 Å². The summed E-state index contributed by atoms with van der Waals surface area (Å²) in [7, 11) is -4.22. The summed E-state index contributed by atoms with van der Waals surface area (Å²) in [5.41, 5.74) is 17.2. The summed E-state index contributed by atoms with van der Waals surface area (Å²) in [6, 6.07) is 26.0. The third-order valence-corrected chi connectivity index (χ3v) is 26.3. The van der Waals surface area contributed by atoms with E-state index in [2.05, 4.69) is 196 Å². The van der Waals surface area contributed by atoms with Crippen LogP contribution in [-0.4, -0.2) is 21.1 Å². The van der Waals surface area contributed by atoms with Crippen LogP contribution in [0.15, 0.2) is 72.8 Å². The van der Waals surface area contributed by atoms with Crippen molar-refractivity contribution in [3.63, 3.8) is 0 Å². The Morgan fingerprint density at radius 3 is 0.965 bits per heavy atom. The average molecular weight is 776 g/mol. The number of benzene rings is 6. The molecule has 3 heteroatoms. The average Bonchev–Trinajstić information content (AvgIpc) is 3.56. The molecule has 0 spiro atoms. The van der Waals surface area contributed by atoms with Crippen LogP contribution >= 0.6 is 0 Å². The Bertz CT molecular complexity index is 2720. The van der Waals surface area contributed by atoms with Crippen molar-refractivity contribution < 1.29 is 0 Å². The van der Waals surface area contributed by atoms with Crippen molar-refractivity contribution >= 4 is 81.0 Å². The van der Waals surface area contributed by atoms with Crippen molar-refractivity contribution in [3.05, 3.63) is 95.1 Å². The van der Waals surface area contributed by atoms with Gasteiger partial charge in [-0.05, 0) is 77.7 Å². The number of hydrogen-bond acceptors (Lipinski definition) is 0. The van der Waals surface area contributed by atoms with E-state index in [9.17, 15) is 0 Å². The maximum atomic E-state index is 6.47. The molecule has 0 unspecified atom stereocenters. The van der Waals surface area contributed by atoms with Crippen LogP contribution in [0.25, 0.3) is 64.9 Å². The predicted molar refractivity (Wildman–Crippen MR) is 258 cm³/mol. The van der Waals surface area contributed by atoms with E-state index in [1.54, 1.807) is 0 Å². The van der Waals surface area contributed by atoms with Gasteiger partial charge in [0.25, 0.3) is 0 Å². The van der Waals surface area contributed by atoms with Crippen LogP contribution in [-0.2, 0) is 0 Å². The Morgan fingerprint density at radius 2 is 0.684 bits per heavy atom. The molecule has 7 rings (SSSR count). The smallest absolute Gasteiger partial charge is 0.146 e. The summed E-state index contributed by atoms with van der Waals surface area (Å²) in [6.07, 6.45) is 12.9. The fourth-order valence-electron chi connectivity index (χ4n) is 11.2. The van der Waals surface area contributed by atoms with Crippen LogP contribution in [0, 0.1) is 47.6 Å². The van der Waals surface area contributed by atoms with Crippen molar-refractivity contribution in [1.29, 1.82) is 0 Å². The van der Waals surface area contributed by atoms with E-state index in [4.69, 9.17) is 12.8 Å². The third kappa shape index (κ3) is 5.94. The fraction of sp³-hybridized carbons (Fsp3) is 0.333. The maximum absolute atomic E-state index is 6.47.